The number of hydrogen-bond acceptors (Lipinski definition) is 3. The highest BCUT2D eigenvalue weighted by atomic mass is 32.2. The Morgan fingerprint density at radius 2 is 1.18 bits per heavy atom. The van der Waals surface area contributed by atoms with Crippen molar-refractivity contribution in [3.63, 3.8) is 0 Å². The minimum Gasteiger partial charge on any atom is -0.389 e. The molecule has 166 valence electrons. The van der Waals surface area contributed by atoms with E-state index in [1.165, 1.54) is 4.31 Å². The lowest BCUT2D eigenvalue weighted by molar-refractivity contribution is 0.166. The smallest absolute Gasteiger partial charge is 0.264 e. The number of aliphatic hydroxyl groups is 1. The van der Waals surface area contributed by atoms with Crippen LogP contribution in [0.25, 0.3) is 21.8 Å². The summed E-state index contributed by atoms with van der Waals surface area (Å²) < 4.78 is 30.4. The van der Waals surface area contributed by atoms with Gasteiger partial charge in [-0.3, -0.25) is 4.31 Å². The number of aromatic nitrogens is 1. The van der Waals surface area contributed by atoms with E-state index in [1.807, 2.05) is 42.5 Å². The zero-order chi connectivity index (χ0) is 22.8. The Balaban J connectivity index is 1.52. The first-order valence-electron chi connectivity index (χ1n) is 10.8. The van der Waals surface area contributed by atoms with Gasteiger partial charge in [-0.25, -0.2) is 8.42 Å². The molecule has 6 heteroatoms. The lowest BCUT2D eigenvalue weighted by Gasteiger charge is -2.27. The maximum atomic E-state index is 13.5. The van der Waals surface area contributed by atoms with Gasteiger partial charge in [0.25, 0.3) is 10.0 Å². The summed E-state index contributed by atoms with van der Waals surface area (Å²) in [6.07, 6.45) is -0.928. The quantitative estimate of drug-likeness (QED) is 0.373. The summed E-state index contributed by atoms with van der Waals surface area (Å²) in [6.45, 7) is 0.198. The molecule has 1 aromatic heterocycles. The van der Waals surface area contributed by atoms with Crippen LogP contribution in [0.4, 0.5) is 5.69 Å². The van der Waals surface area contributed by atoms with E-state index in [0.29, 0.717) is 5.69 Å². The summed E-state index contributed by atoms with van der Waals surface area (Å²) in [4.78, 5) is 0.193. The van der Waals surface area contributed by atoms with Crippen LogP contribution < -0.4 is 4.31 Å². The Hall–Kier alpha value is -3.61. The largest absolute Gasteiger partial charge is 0.389 e. The number of hydrogen-bond donors (Lipinski definition) is 1. The molecule has 0 aliphatic carbocycles. The average Bonchev–Trinajstić information content (AvgIpc) is 3.17. The number of rotatable bonds is 7. The molecular weight excluding hydrogens is 432 g/mol. The maximum Gasteiger partial charge on any atom is 0.264 e. The van der Waals surface area contributed by atoms with Crippen molar-refractivity contribution in [2.24, 2.45) is 0 Å². The number of para-hydroxylation sites is 3. The molecule has 5 aromatic rings. The van der Waals surface area contributed by atoms with Gasteiger partial charge >= 0.3 is 0 Å². The summed E-state index contributed by atoms with van der Waals surface area (Å²) in [6, 6.07) is 33.4. The van der Waals surface area contributed by atoms with Crippen molar-refractivity contribution in [2.75, 3.05) is 10.8 Å². The minimum absolute atomic E-state index is 0.0674. The first kappa shape index (κ1) is 21.2. The lowest BCUT2D eigenvalue weighted by atomic mass is 10.2. The zero-order valence-electron chi connectivity index (χ0n) is 18.0. The molecule has 33 heavy (non-hydrogen) atoms. The SMILES string of the molecule is O=S(=O)(c1ccccc1)N(C[C@H](O)Cn1c2ccccc2c2ccccc21)c1ccccc1. The lowest BCUT2D eigenvalue weighted by Crippen LogP contribution is -2.39. The molecule has 5 rings (SSSR count). The molecule has 0 aliphatic heterocycles. The van der Waals surface area contributed by atoms with Crippen LogP contribution in [-0.2, 0) is 16.6 Å². The van der Waals surface area contributed by atoms with Crippen LogP contribution >= 0.6 is 0 Å². The highest BCUT2D eigenvalue weighted by Crippen LogP contribution is 2.29. The third-order valence-corrected chi connectivity index (χ3v) is 7.63. The fraction of sp³-hybridized carbons (Fsp3) is 0.111. The van der Waals surface area contributed by atoms with Gasteiger partial charge in [0.1, 0.15) is 0 Å². The summed E-state index contributed by atoms with van der Waals surface area (Å²) in [5, 5.41) is 13.4. The molecular formula is C27H24N2O3S. The molecule has 0 saturated carbocycles. The third-order valence-electron chi connectivity index (χ3n) is 5.83. The molecule has 0 saturated heterocycles. The second kappa shape index (κ2) is 8.73. The predicted octanol–water partition coefficient (Wildman–Crippen LogP) is 5.05. The second-order valence-electron chi connectivity index (χ2n) is 7.98. The van der Waals surface area contributed by atoms with Crippen molar-refractivity contribution in [3.8, 4) is 0 Å². The van der Waals surface area contributed by atoms with E-state index in [0.717, 1.165) is 21.8 Å². The van der Waals surface area contributed by atoms with Gasteiger partial charge in [0.15, 0.2) is 0 Å². The number of benzene rings is 4. The van der Waals surface area contributed by atoms with Crippen LogP contribution in [0.1, 0.15) is 0 Å². The molecule has 0 amide bonds. The van der Waals surface area contributed by atoms with Crippen molar-refractivity contribution in [2.45, 2.75) is 17.5 Å². The molecule has 1 atom stereocenters. The first-order valence-corrected chi connectivity index (χ1v) is 12.3. The van der Waals surface area contributed by atoms with Crippen LogP contribution in [0.15, 0.2) is 114 Å². The standard InChI is InChI=1S/C27H24N2O3S/c30-22(19-28-26-17-9-7-15-24(26)25-16-8-10-18-27(25)28)20-29(21-11-3-1-4-12-21)33(31,32)23-13-5-2-6-14-23/h1-18,22,30H,19-20H2/t22-/m1/s1. The highest BCUT2D eigenvalue weighted by Gasteiger charge is 2.27. The van der Waals surface area contributed by atoms with Gasteiger partial charge in [0.05, 0.1) is 29.8 Å². The van der Waals surface area contributed by atoms with Crippen molar-refractivity contribution >= 4 is 37.5 Å². The number of aliphatic hydroxyl groups excluding tert-OH is 1. The first-order chi connectivity index (χ1) is 16.1. The monoisotopic (exact) mass is 456 g/mol. The van der Waals surface area contributed by atoms with Gasteiger partial charge in [-0.05, 0) is 36.4 Å². The van der Waals surface area contributed by atoms with Crippen molar-refractivity contribution in [1.82, 2.24) is 4.57 Å². The molecule has 0 spiro atoms. The maximum absolute atomic E-state index is 13.5. The topological polar surface area (TPSA) is 62.5 Å². The molecule has 1 N–H and O–H groups in total. The van der Waals surface area contributed by atoms with E-state index in [2.05, 4.69) is 16.7 Å². The number of nitrogens with zero attached hydrogens (tertiary/aromatic N) is 2. The van der Waals surface area contributed by atoms with Crippen LogP contribution in [0.5, 0.6) is 0 Å². The average molecular weight is 457 g/mol. The van der Waals surface area contributed by atoms with Gasteiger partial charge in [-0.1, -0.05) is 72.8 Å². The number of anilines is 1. The van der Waals surface area contributed by atoms with Crippen LogP contribution in [0, 0.1) is 0 Å². The van der Waals surface area contributed by atoms with Gasteiger partial charge in [-0.15, -0.1) is 0 Å². The van der Waals surface area contributed by atoms with Crippen molar-refractivity contribution in [3.05, 3.63) is 109 Å². The summed E-state index contributed by atoms with van der Waals surface area (Å²) in [7, 11) is -3.85. The van der Waals surface area contributed by atoms with Crippen LogP contribution in [0.2, 0.25) is 0 Å². The van der Waals surface area contributed by atoms with Crippen molar-refractivity contribution < 1.29 is 13.5 Å². The number of fused-ring (bicyclic) bond motifs is 3. The highest BCUT2D eigenvalue weighted by molar-refractivity contribution is 7.92. The van der Waals surface area contributed by atoms with Crippen LogP contribution in [0.3, 0.4) is 0 Å². The Kier molecular flexibility index (Phi) is 5.62. The van der Waals surface area contributed by atoms with E-state index >= 15 is 0 Å². The fourth-order valence-electron chi connectivity index (χ4n) is 4.32. The van der Waals surface area contributed by atoms with Gasteiger partial charge in [0, 0.05) is 21.8 Å². The molecule has 4 aromatic carbocycles. The van der Waals surface area contributed by atoms with Crippen molar-refractivity contribution in [1.29, 1.82) is 0 Å². The molecule has 0 unspecified atom stereocenters. The Morgan fingerprint density at radius 1 is 0.697 bits per heavy atom. The Labute approximate surface area is 193 Å². The Morgan fingerprint density at radius 3 is 1.76 bits per heavy atom. The third kappa shape index (κ3) is 3.99. The van der Waals surface area contributed by atoms with E-state index in [9.17, 15) is 13.5 Å². The molecule has 0 fully saturated rings. The molecule has 1 heterocycles. The van der Waals surface area contributed by atoms with Crippen LogP contribution in [-0.4, -0.2) is 30.7 Å². The van der Waals surface area contributed by atoms with Gasteiger partial charge in [0.2, 0.25) is 0 Å². The van der Waals surface area contributed by atoms with Gasteiger partial charge < -0.3 is 9.67 Å². The molecule has 0 bridgehead atoms. The van der Waals surface area contributed by atoms with E-state index < -0.39 is 16.1 Å². The Bertz CT molecular complexity index is 1440. The van der Waals surface area contributed by atoms with Gasteiger partial charge in [-0.2, -0.15) is 0 Å². The summed E-state index contributed by atoms with van der Waals surface area (Å²) >= 11 is 0. The summed E-state index contributed by atoms with van der Waals surface area (Å²) in [5.74, 6) is 0. The zero-order valence-corrected chi connectivity index (χ0v) is 18.8. The second-order valence-corrected chi connectivity index (χ2v) is 9.85. The normalized spacial score (nSPS) is 12.8. The summed E-state index contributed by atoms with van der Waals surface area (Å²) in [5.41, 5.74) is 2.53. The van der Waals surface area contributed by atoms with E-state index in [4.69, 9.17) is 0 Å². The molecule has 5 nitrogen and oxygen atoms in total. The van der Waals surface area contributed by atoms with E-state index in [1.54, 1.807) is 54.6 Å². The molecule has 0 radical (unpaired) electrons. The molecule has 0 aliphatic rings. The predicted molar refractivity (Wildman–Crippen MR) is 133 cm³/mol. The number of sulfonamides is 1. The minimum atomic E-state index is -3.85. The fourth-order valence-corrected chi connectivity index (χ4v) is 5.84. The van der Waals surface area contributed by atoms with E-state index in [-0.39, 0.29) is 18.0 Å².